The molecule has 0 saturated heterocycles. The van der Waals surface area contributed by atoms with E-state index in [-0.39, 0.29) is 35.9 Å². The summed E-state index contributed by atoms with van der Waals surface area (Å²) in [4.78, 5) is 28.2. The fourth-order valence-corrected chi connectivity index (χ4v) is 4.00. The lowest BCUT2D eigenvalue weighted by Gasteiger charge is -2.32. The van der Waals surface area contributed by atoms with Crippen molar-refractivity contribution in [3.05, 3.63) is 99.8 Å². The molecule has 3 aromatic carbocycles. The highest BCUT2D eigenvalue weighted by atomic mass is 35.5. The molecule has 35 heavy (non-hydrogen) atoms. The Morgan fingerprint density at radius 1 is 0.971 bits per heavy atom. The largest absolute Gasteiger partial charge is 0.482 e. The van der Waals surface area contributed by atoms with E-state index in [0.717, 1.165) is 5.56 Å². The first kappa shape index (κ1) is 26.5. The minimum Gasteiger partial charge on any atom is -0.482 e. The standard InChI is InChI=1S/C27H27Cl2FN2O3/c1-18(2)31-27(34)24(14-19-6-4-3-5-7-19)32(16-20-8-11-22(30)12-9-20)26(33)17-35-25-13-10-21(28)15-23(25)29/h3-13,15,18,24H,14,16-17H2,1-2H3,(H,31,34)/t24-/m0/s1. The molecule has 0 bridgehead atoms. The fraction of sp³-hybridized carbons (Fsp3) is 0.259. The highest BCUT2D eigenvalue weighted by molar-refractivity contribution is 6.35. The highest BCUT2D eigenvalue weighted by Gasteiger charge is 2.31. The van der Waals surface area contributed by atoms with Crippen molar-refractivity contribution < 1.29 is 18.7 Å². The summed E-state index contributed by atoms with van der Waals surface area (Å²) in [6, 6.07) is 19.0. The Kier molecular flexibility index (Phi) is 9.52. The SMILES string of the molecule is CC(C)NC(=O)[C@H](Cc1ccccc1)N(Cc1ccc(F)cc1)C(=O)COc1ccc(Cl)cc1Cl. The number of hydrogen-bond donors (Lipinski definition) is 1. The first-order valence-electron chi connectivity index (χ1n) is 11.2. The van der Waals surface area contributed by atoms with E-state index >= 15 is 0 Å². The van der Waals surface area contributed by atoms with E-state index in [9.17, 15) is 14.0 Å². The number of nitrogens with one attached hydrogen (secondary N) is 1. The molecule has 1 N–H and O–H groups in total. The van der Waals surface area contributed by atoms with Gasteiger partial charge >= 0.3 is 0 Å². The minimum absolute atomic E-state index is 0.0971. The lowest BCUT2D eigenvalue weighted by atomic mass is 10.0. The van der Waals surface area contributed by atoms with Gasteiger partial charge in [0, 0.05) is 24.0 Å². The molecule has 184 valence electrons. The van der Waals surface area contributed by atoms with E-state index in [1.165, 1.54) is 23.1 Å². The molecule has 5 nitrogen and oxygen atoms in total. The van der Waals surface area contributed by atoms with E-state index in [0.29, 0.717) is 22.8 Å². The van der Waals surface area contributed by atoms with Crippen molar-refractivity contribution in [2.24, 2.45) is 0 Å². The zero-order valence-corrected chi connectivity index (χ0v) is 21.0. The number of carbonyl (C=O) groups is 2. The van der Waals surface area contributed by atoms with E-state index in [1.807, 2.05) is 44.2 Å². The van der Waals surface area contributed by atoms with Gasteiger partial charge in [0.15, 0.2) is 6.61 Å². The molecule has 3 rings (SSSR count). The lowest BCUT2D eigenvalue weighted by molar-refractivity contribution is -0.143. The molecule has 2 amide bonds. The minimum atomic E-state index is -0.818. The van der Waals surface area contributed by atoms with Crippen LogP contribution in [0.1, 0.15) is 25.0 Å². The zero-order chi connectivity index (χ0) is 25.4. The summed E-state index contributed by atoms with van der Waals surface area (Å²) >= 11 is 12.1. The van der Waals surface area contributed by atoms with Crippen LogP contribution in [-0.2, 0) is 22.6 Å². The molecule has 8 heteroatoms. The maximum Gasteiger partial charge on any atom is 0.261 e. The first-order valence-corrected chi connectivity index (χ1v) is 11.9. The lowest BCUT2D eigenvalue weighted by Crippen LogP contribution is -2.52. The average molecular weight is 517 g/mol. The van der Waals surface area contributed by atoms with Gasteiger partial charge in [0.25, 0.3) is 5.91 Å². The molecule has 0 saturated carbocycles. The summed E-state index contributed by atoms with van der Waals surface area (Å²) in [5, 5.41) is 3.63. The summed E-state index contributed by atoms with van der Waals surface area (Å²) in [6.07, 6.45) is 0.300. The molecule has 0 aliphatic carbocycles. The van der Waals surface area contributed by atoms with Gasteiger partial charge in [-0.2, -0.15) is 0 Å². The zero-order valence-electron chi connectivity index (χ0n) is 19.5. The summed E-state index contributed by atoms with van der Waals surface area (Å²) in [5.41, 5.74) is 1.58. The van der Waals surface area contributed by atoms with E-state index in [1.54, 1.807) is 24.3 Å². The van der Waals surface area contributed by atoms with Crippen LogP contribution in [0.3, 0.4) is 0 Å². The Morgan fingerprint density at radius 3 is 2.29 bits per heavy atom. The number of rotatable bonds is 10. The van der Waals surface area contributed by atoms with Crippen molar-refractivity contribution in [1.29, 1.82) is 0 Å². The van der Waals surface area contributed by atoms with Crippen molar-refractivity contribution in [1.82, 2.24) is 10.2 Å². The molecular weight excluding hydrogens is 490 g/mol. The van der Waals surface area contributed by atoms with Crippen molar-refractivity contribution in [2.45, 2.75) is 38.9 Å². The Morgan fingerprint density at radius 2 is 1.66 bits per heavy atom. The third kappa shape index (κ3) is 7.98. The van der Waals surface area contributed by atoms with Gasteiger partial charge in [0.1, 0.15) is 17.6 Å². The second-order valence-electron chi connectivity index (χ2n) is 8.38. The number of amides is 2. The van der Waals surface area contributed by atoms with Crippen LogP contribution >= 0.6 is 23.2 Å². The maximum absolute atomic E-state index is 13.5. The Hall–Kier alpha value is -3.09. The highest BCUT2D eigenvalue weighted by Crippen LogP contribution is 2.27. The van der Waals surface area contributed by atoms with Crippen LogP contribution in [0.25, 0.3) is 0 Å². The van der Waals surface area contributed by atoms with Crippen molar-refractivity contribution >= 4 is 35.0 Å². The van der Waals surface area contributed by atoms with Gasteiger partial charge < -0.3 is 15.0 Å². The van der Waals surface area contributed by atoms with Crippen molar-refractivity contribution in [2.75, 3.05) is 6.61 Å². The Balaban J connectivity index is 1.91. The predicted molar refractivity (Wildman–Crippen MR) is 136 cm³/mol. The number of nitrogens with zero attached hydrogens (tertiary/aromatic N) is 1. The van der Waals surface area contributed by atoms with Crippen LogP contribution in [-0.4, -0.2) is 35.4 Å². The van der Waals surface area contributed by atoms with E-state index in [4.69, 9.17) is 27.9 Å². The monoisotopic (exact) mass is 516 g/mol. The van der Waals surface area contributed by atoms with Gasteiger partial charge in [-0.05, 0) is 55.3 Å². The number of halogens is 3. The van der Waals surface area contributed by atoms with Gasteiger partial charge in [-0.25, -0.2) is 4.39 Å². The molecule has 0 spiro atoms. The third-order valence-electron chi connectivity index (χ3n) is 5.21. The van der Waals surface area contributed by atoms with Gasteiger partial charge in [-0.1, -0.05) is 65.7 Å². The summed E-state index contributed by atoms with van der Waals surface area (Å²) in [5.74, 6) is -0.785. The smallest absolute Gasteiger partial charge is 0.261 e. The molecular formula is C27H27Cl2FN2O3. The van der Waals surface area contributed by atoms with E-state index in [2.05, 4.69) is 5.32 Å². The van der Waals surface area contributed by atoms with Crippen LogP contribution in [0.5, 0.6) is 5.75 Å². The molecule has 0 aliphatic rings. The third-order valence-corrected chi connectivity index (χ3v) is 5.74. The van der Waals surface area contributed by atoms with Crippen LogP contribution in [0.2, 0.25) is 10.0 Å². The molecule has 0 aromatic heterocycles. The van der Waals surface area contributed by atoms with Crippen LogP contribution < -0.4 is 10.1 Å². The van der Waals surface area contributed by atoms with Gasteiger partial charge in [0.2, 0.25) is 5.91 Å². The Bertz CT molecular complexity index is 1140. The van der Waals surface area contributed by atoms with Crippen LogP contribution in [0.15, 0.2) is 72.8 Å². The molecule has 1 atom stereocenters. The summed E-state index contributed by atoms with van der Waals surface area (Å²) in [7, 11) is 0. The number of benzene rings is 3. The maximum atomic E-state index is 13.5. The predicted octanol–water partition coefficient (Wildman–Crippen LogP) is 5.68. The van der Waals surface area contributed by atoms with Gasteiger partial charge in [0.05, 0.1) is 5.02 Å². The summed E-state index contributed by atoms with van der Waals surface area (Å²) < 4.78 is 19.2. The van der Waals surface area contributed by atoms with Gasteiger partial charge in [-0.15, -0.1) is 0 Å². The number of hydrogen-bond acceptors (Lipinski definition) is 3. The average Bonchev–Trinajstić information content (AvgIpc) is 2.82. The number of carbonyl (C=O) groups excluding carboxylic acids is 2. The molecule has 0 fully saturated rings. The first-order chi connectivity index (χ1) is 16.7. The second-order valence-corrected chi connectivity index (χ2v) is 9.22. The quantitative estimate of drug-likeness (QED) is 0.377. The normalized spacial score (nSPS) is 11.7. The molecule has 0 aliphatic heterocycles. The van der Waals surface area contributed by atoms with Gasteiger partial charge in [-0.3, -0.25) is 9.59 Å². The molecule has 3 aromatic rings. The topological polar surface area (TPSA) is 58.6 Å². The van der Waals surface area contributed by atoms with Crippen molar-refractivity contribution in [3.8, 4) is 5.75 Å². The van der Waals surface area contributed by atoms with Crippen LogP contribution in [0.4, 0.5) is 4.39 Å². The fourth-order valence-electron chi connectivity index (χ4n) is 3.54. The van der Waals surface area contributed by atoms with Crippen molar-refractivity contribution in [3.63, 3.8) is 0 Å². The molecule has 0 unspecified atom stereocenters. The molecule has 0 heterocycles. The summed E-state index contributed by atoms with van der Waals surface area (Å²) in [6.45, 7) is 3.47. The van der Waals surface area contributed by atoms with Crippen LogP contribution in [0, 0.1) is 5.82 Å². The molecule has 0 radical (unpaired) electrons. The van der Waals surface area contributed by atoms with E-state index < -0.39 is 11.9 Å². The number of ether oxygens (including phenoxy) is 1. The Labute approximate surface area is 214 Å². The second kappa shape index (κ2) is 12.6.